The summed E-state index contributed by atoms with van der Waals surface area (Å²) < 4.78 is 19.6. The van der Waals surface area contributed by atoms with E-state index in [2.05, 4.69) is 25.9 Å². The van der Waals surface area contributed by atoms with Gasteiger partial charge in [-0.3, -0.25) is 5.32 Å². The smallest absolute Gasteiger partial charge is 0.411 e. The van der Waals surface area contributed by atoms with Crippen molar-refractivity contribution in [1.82, 2.24) is 9.97 Å². The molecule has 1 heterocycles. The fraction of sp³-hybridized carbons (Fsp3) is 0.0455. The first-order valence-electron chi connectivity index (χ1n) is 9.47. The molecule has 0 bridgehead atoms. The number of nitrogens with zero attached hydrogens (tertiary/aromatic N) is 1. The average molecular weight is 435 g/mol. The number of rotatable bonds is 5. The van der Waals surface area contributed by atoms with E-state index in [1.165, 1.54) is 6.07 Å². The van der Waals surface area contributed by atoms with Crippen LogP contribution in [0, 0.1) is 12.7 Å². The summed E-state index contributed by atoms with van der Waals surface area (Å²) in [7, 11) is 0. The number of benzene rings is 3. The van der Waals surface area contributed by atoms with E-state index < -0.39 is 17.9 Å². The zero-order valence-corrected chi connectivity index (χ0v) is 16.8. The van der Waals surface area contributed by atoms with Gasteiger partial charge in [0.2, 0.25) is 5.95 Å². The van der Waals surface area contributed by atoms with Crippen LogP contribution in [0.25, 0.3) is 11.0 Å². The molecule has 10 heteroatoms. The molecule has 9 nitrogen and oxygen atoms in total. The van der Waals surface area contributed by atoms with E-state index >= 15 is 0 Å². The average Bonchev–Trinajstić information content (AvgIpc) is 3.13. The van der Waals surface area contributed by atoms with Crippen molar-refractivity contribution < 1.29 is 23.8 Å². The largest absolute Gasteiger partial charge is 0.465 e. The number of ether oxygens (including phenoxy) is 1. The lowest BCUT2D eigenvalue weighted by Crippen LogP contribution is -2.20. The van der Waals surface area contributed by atoms with E-state index in [4.69, 9.17) is 9.84 Å². The lowest BCUT2D eigenvalue weighted by molar-refractivity contribution is 0.209. The Morgan fingerprint density at radius 1 is 0.969 bits per heavy atom. The van der Waals surface area contributed by atoms with E-state index in [9.17, 15) is 14.0 Å². The summed E-state index contributed by atoms with van der Waals surface area (Å²) >= 11 is 0. The molecule has 5 N–H and O–H groups in total. The number of H-pyrrole nitrogens is 1. The molecule has 3 amide bonds. The maximum absolute atomic E-state index is 13.8. The number of aromatic nitrogens is 2. The first kappa shape index (κ1) is 20.7. The standard InChI is InChI=1S/C22H18FN5O4/c1-12-2-8-16(23)18(10-12)27-21(29)24-13-3-5-14(6-4-13)32-15-7-9-17-19(11-15)26-20(25-17)28-22(30)31/h2-11H,1H3,(H,30,31)(H2,24,27,29)(H2,25,26,28). The van der Waals surface area contributed by atoms with E-state index in [0.29, 0.717) is 28.2 Å². The summed E-state index contributed by atoms with van der Waals surface area (Å²) in [6, 6.07) is 15.6. The van der Waals surface area contributed by atoms with Crippen molar-refractivity contribution in [1.29, 1.82) is 0 Å². The van der Waals surface area contributed by atoms with Gasteiger partial charge in [-0.25, -0.2) is 19.0 Å². The monoisotopic (exact) mass is 435 g/mol. The molecule has 0 saturated carbocycles. The maximum Gasteiger partial charge on any atom is 0.411 e. The van der Waals surface area contributed by atoms with Crippen molar-refractivity contribution >= 4 is 40.5 Å². The number of hydrogen-bond acceptors (Lipinski definition) is 4. The summed E-state index contributed by atoms with van der Waals surface area (Å²) in [6.45, 7) is 1.80. The van der Waals surface area contributed by atoms with E-state index in [0.717, 1.165) is 5.56 Å². The van der Waals surface area contributed by atoms with Gasteiger partial charge in [-0.2, -0.15) is 0 Å². The van der Waals surface area contributed by atoms with Crippen molar-refractivity contribution in [3.05, 3.63) is 72.0 Å². The van der Waals surface area contributed by atoms with Crippen molar-refractivity contribution in [3.63, 3.8) is 0 Å². The van der Waals surface area contributed by atoms with Gasteiger partial charge >= 0.3 is 12.1 Å². The zero-order valence-electron chi connectivity index (χ0n) is 16.8. The van der Waals surface area contributed by atoms with Crippen LogP contribution in [0.4, 0.5) is 31.3 Å². The zero-order chi connectivity index (χ0) is 22.7. The minimum absolute atomic E-state index is 0.0957. The Kier molecular flexibility index (Phi) is 5.58. The van der Waals surface area contributed by atoms with Crippen LogP contribution in [-0.2, 0) is 0 Å². The number of amides is 3. The van der Waals surface area contributed by atoms with Gasteiger partial charge in [0.15, 0.2) is 0 Å². The molecule has 0 spiro atoms. The molecule has 4 aromatic rings. The molecular weight excluding hydrogens is 417 g/mol. The van der Waals surface area contributed by atoms with Gasteiger partial charge in [0.25, 0.3) is 0 Å². The number of imidazole rings is 1. The number of aromatic amines is 1. The van der Waals surface area contributed by atoms with Gasteiger partial charge in [0.1, 0.15) is 17.3 Å². The first-order chi connectivity index (χ1) is 15.4. The molecule has 0 saturated heterocycles. The second-order valence-corrected chi connectivity index (χ2v) is 6.88. The van der Waals surface area contributed by atoms with Gasteiger partial charge in [-0.15, -0.1) is 0 Å². The highest BCUT2D eigenvalue weighted by molar-refractivity contribution is 5.99. The lowest BCUT2D eigenvalue weighted by atomic mass is 10.2. The fourth-order valence-electron chi connectivity index (χ4n) is 2.97. The number of fused-ring (bicyclic) bond motifs is 1. The molecule has 162 valence electrons. The number of carbonyl (C=O) groups is 2. The summed E-state index contributed by atoms with van der Waals surface area (Å²) in [6.07, 6.45) is -1.22. The van der Waals surface area contributed by atoms with Crippen LogP contribution in [0.15, 0.2) is 60.7 Å². The summed E-state index contributed by atoms with van der Waals surface area (Å²) in [5, 5.41) is 16.0. The highest BCUT2D eigenvalue weighted by atomic mass is 19.1. The highest BCUT2D eigenvalue weighted by Crippen LogP contribution is 2.26. The molecule has 32 heavy (non-hydrogen) atoms. The van der Waals surface area contributed by atoms with Crippen LogP contribution in [-0.4, -0.2) is 27.2 Å². The number of carbonyl (C=O) groups excluding carboxylic acids is 1. The Labute approximate surface area is 181 Å². The summed E-state index contributed by atoms with van der Waals surface area (Å²) in [4.78, 5) is 29.8. The fourth-order valence-corrected chi connectivity index (χ4v) is 2.97. The van der Waals surface area contributed by atoms with Crippen molar-refractivity contribution in [3.8, 4) is 11.5 Å². The van der Waals surface area contributed by atoms with Gasteiger partial charge in [-0.05, 0) is 61.0 Å². The number of aryl methyl sites for hydroxylation is 1. The minimum atomic E-state index is -1.22. The predicted octanol–water partition coefficient (Wildman–Crippen LogP) is 5.54. The second kappa shape index (κ2) is 8.64. The van der Waals surface area contributed by atoms with Gasteiger partial charge in [0, 0.05) is 11.8 Å². The Morgan fingerprint density at radius 2 is 1.72 bits per heavy atom. The number of halogens is 1. The van der Waals surface area contributed by atoms with E-state index in [-0.39, 0.29) is 11.6 Å². The summed E-state index contributed by atoms with van der Waals surface area (Å²) in [5.41, 5.74) is 2.60. The SMILES string of the molecule is Cc1ccc(F)c(NC(=O)Nc2ccc(Oc3ccc4nc(NC(=O)O)[nH]c4c3)cc2)c1. The lowest BCUT2D eigenvalue weighted by Gasteiger charge is -2.10. The Hall–Kier alpha value is -4.60. The highest BCUT2D eigenvalue weighted by Gasteiger charge is 2.09. The third-order valence-corrected chi connectivity index (χ3v) is 4.40. The minimum Gasteiger partial charge on any atom is -0.465 e. The number of anilines is 3. The molecule has 4 rings (SSSR count). The van der Waals surface area contributed by atoms with Gasteiger partial charge in [0.05, 0.1) is 16.7 Å². The summed E-state index contributed by atoms with van der Waals surface area (Å²) in [5.74, 6) is 0.623. The van der Waals surface area contributed by atoms with Crippen LogP contribution in [0.1, 0.15) is 5.56 Å². The quantitative estimate of drug-likeness (QED) is 0.281. The Morgan fingerprint density at radius 3 is 2.47 bits per heavy atom. The van der Waals surface area contributed by atoms with E-state index in [1.807, 2.05) is 0 Å². The second-order valence-electron chi connectivity index (χ2n) is 6.88. The number of carboxylic acid groups (broad SMARTS) is 1. The maximum atomic E-state index is 13.8. The normalized spacial score (nSPS) is 10.6. The van der Waals surface area contributed by atoms with Crippen molar-refractivity contribution in [2.75, 3.05) is 16.0 Å². The Balaban J connectivity index is 1.39. The molecule has 0 fully saturated rings. The molecule has 0 aliphatic carbocycles. The molecule has 0 radical (unpaired) electrons. The molecular formula is C22H18FN5O4. The number of nitrogens with one attached hydrogen (secondary N) is 4. The molecule has 1 aromatic heterocycles. The molecule has 0 aliphatic heterocycles. The first-order valence-corrected chi connectivity index (χ1v) is 9.47. The van der Waals surface area contributed by atoms with Crippen molar-refractivity contribution in [2.45, 2.75) is 6.92 Å². The van der Waals surface area contributed by atoms with Crippen LogP contribution in [0.5, 0.6) is 11.5 Å². The van der Waals surface area contributed by atoms with Crippen LogP contribution < -0.4 is 20.7 Å². The molecule has 0 unspecified atom stereocenters. The van der Waals surface area contributed by atoms with Gasteiger partial charge < -0.3 is 25.5 Å². The third kappa shape index (κ3) is 4.93. The van der Waals surface area contributed by atoms with Crippen LogP contribution >= 0.6 is 0 Å². The number of urea groups is 1. The van der Waals surface area contributed by atoms with Gasteiger partial charge in [-0.1, -0.05) is 6.07 Å². The van der Waals surface area contributed by atoms with Crippen molar-refractivity contribution in [2.24, 2.45) is 0 Å². The van der Waals surface area contributed by atoms with Crippen LogP contribution in [0.2, 0.25) is 0 Å². The van der Waals surface area contributed by atoms with E-state index in [1.54, 1.807) is 61.5 Å². The Bertz CT molecular complexity index is 1300. The third-order valence-electron chi connectivity index (χ3n) is 4.40. The topological polar surface area (TPSA) is 128 Å². The molecule has 0 aliphatic rings. The molecule has 0 atom stereocenters. The molecule has 3 aromatic carbocycles. The van der Waals surface area contributed by atoms with Crippen LogP contribution in [0.3, 0.4) is 0 Å². The predicted molar refractivity (Wildman–Crippen MR) is 118 cm³/mol. The number of hydrogen-bond donors (Lipinski definition) is 5.